The third-order valence-electron chi connectivity index (χ3n) is 4.14. The van der Waals surface area contributed by atoms with Crippen LogP contribution in [0.15, 0.2) is 18.5 Å². The third kappa shape index (κ3) is 3.40. The number of aromatic nitrogens is 1. The van der Waals surface area contributed by atoms with Crippen LogP contribution in [0, 0.1) is 5.41 Å². The van der Waals surface area contributed by atoms with Crippen LogP contribution >= 0.6 is 0 Å². The minimum atomic E-state index is -4.57. The fraction of sp³-hybridized carbons (Fsp3) is 0.600. The SMILES string of the molecule is CCN1CC(NC(=O)c2cnccc2C(F)(F)F)C(C)(C)C1. The normalized spacial score (nSPS) is 21.8. The van der Waals surface area contributed by atoms with Gasteiger partial charge in [-0.2, -0.15) is 13.2 Å². The van der Waals surface area contributed by atoms with Crippen molar-refractivity contribution in [3.63, 3.8) is 0 Å². The summed E-state index contributed by atoms with van der Waals surface area (Å²) in [5, 5.41) is 2.74. The summed E-state index contributed by atoms with van der Waals surface area (Å²) in [5.41, 5.74) is -1.57. The molecule has 0 spiro atoms. The first-order chi connectivity index (χ1) is 10.1. The van der Waals surface area contributed by atoms with Crippen LogP contribution in [0.25, 0.3) is 0 Å². The minimum Gasteiger partial charge on any atom is -0.347 e. The van der Waals surface area contributed by atoms with Crippen LogP contribution in [0.3, 0.4) is 0 Å². The number of carbonyl (C=O) groups is 1. The van der Waals surface area contributed by atoms with E-state index >= 15 is 0 Å². The van der Waals surface area contributed by atoms with Gasteiger partial charge in [-0.25, -0.2) is 0 Å². The highest BCUT2D eigenvalue weighted by Gasteiger charge is 2.41. The van der Waals surface area contributed by atoms with Crippen molar-refractivity contribution in [2.24, 2.45) is 5.41 Å². The Morgan fingerprint density at radius 1 is 1.50 bits per heavy atom. The Hall–Kier alpha value is -1.63. The molecule has 1 aromatic rings. The molecule has 1 atom stereocenters. The van der Waals surface area contributed by atoms with Crippen LogP contribution in [0.5, 0.6) is 0 Å². The molecule has 1 aromatic heterocycles. The molecule has 1 aliphatic rings. The van der Waals surface area contributed by atoms with E-state index in [-0.39, 0.29) is 11.5 Å². The molecule has 0 aromatic carbocycles. The first-order valence-electron chi connectivity index (χ1n) is 7.19. The number of pyridine rings is 1. The lowest BCUT2D eigenvalue weighted by Gasteiger charge is -2.27. The topological polar surface area (TPSA) is 45.2 Å². The van der Waals surface area contributed by atoms with Crippen molar-refractivity contribution in [2.45, 2.75) is 33.0 Å². The fourth-order valence-electron chi connectivity index (χ4n) is 2.80. The van der Waals surface area contributed by atoms with Crippen molar-refractivity contribution in [2.75, 3.05) is 19.6 Å². The summed E-state index contributed by atoms with van der Waals surface area (Å²) in [7, 11) is 0. The molecule has 1 aliphatic heterocycles. The van der Waals surface area contributed by atoms with Crippen molar-refractivity contribution in [3.8, 4) is 0 Å². The van der Waals surface area contributed by atoms with Gasteiger partial charge in [-0.1, -0.05) is 20.8 Å². The Balaban J connectivity index is 2.20. The van der Waals surface area contributed by atoms with E-state index in [0.29, 0.717) is 6.54 Å². The van der Waals surface area contributed by atoms with Gasteiger partial charge in [0.2, 0.25) is 0 Å². The number of carbonyl (C=O) groups excluding carboxylic acids is 1. The summed E-state index contributed by atoms with van der Waals surface area (Å²) in [4.78, 5) is 18.1. The molecule has 1 amide bonds. The second-order valence-electron chi connectivity index (χ2n) is 6.26. The van der Waals surface area contributed by atoms with Gasteiger partial charge in [-0.3, -0.25) is 9.78 Å². The Labute approximate surface area is 127 Å². The molecule has 1 saturated heterocycles. The zero-order valence-corrected chi connectivity index (χ0v) is 12.9. The number of likely N-dealkylation sites (tertiary alicyclic amines) is 1. The largest absolute Gasteiger partial charge is 0.417 e. The van der Waals surface area contributed by atoms with E-state index < -0.39 is 23.2 Å². The van der Waals surface area contributed by atoms with Crippen molar-refractivity contribution >= 4 is 5.91 Å². The minimum absolute atomic E-state index is 0.188. The summed E-state index contributed by atoms with van der Waals surface area (Å²) in [6, 6.07) is 0.633. The summed E-state index contributed by atoms with van der Waals surface area (Å²) in [5.74, 6) is -0.726. The molecule has 4 nitrogen and oxygen atoms in total. The predicted octanol–water partition coefficient (Wildman–Crippen LogP) is 2.56. The summed E-state index contributed by atoms with van der Waals surface area (Å²) in [6.07, 6.45) is -2.56. The number of hydrogen-bond acceptors (Lipinski definition) is 3. The molecular weight excluding hydrogens is 295 g/mol. The van der Waals surface area contributed by atoms with Gasteiger partial charge in [0.15, 0.2) is 0 Å². The van der Waals surface area contributed by atoms with Crippen LogP contribution in [0.2, 0.25) is 0 Å². The lowest BCUT2D eigenvalue weighted by Crippen LogP contribution is -2.44. The molecule has 0 bridgehead atoms. The molecule has 1 fully saturated rings. The molecule has 122 valence electrons. The number of hydrogen-bond donors (Lipinski definition) is 1. The van der Waals surface area contributed by atoms with Gasteiger partial charge in [0.25, 0.3) is 5.91 Å². The van der Waals surface area contributed by atoms with Crippen molar-refractivity contribution < 1.29 is 18.0 Å². The van der Waals surface area contributed by atoms with Crippen LogP contribution in [0.4, 0.5) is 13.2 Å². The number of rotatable bonds is 3. The highest BCUT2D eigenvalue weighted by atomic mass is 19.4. The van der Waals surface area contributed by atoms with Gasteiger partial charge in [-0.05, 0) is 18.0 Å². The van der Waals surface area contributed by atoms with Gasteiger partial charge in [0, 0.05) is 31.5 Å². The Morgan fingerprint density at radius 2 is 2.18 bits per heavy atom. The highest BCUT2D eigenvalue weighted by molar-refractivity contribution is 5.95. The van der Waals surface area contributed by atoms with Crippen LogP contribution in [-0.4, -0.2) is 41.5 Å². The van der Waals surface area contributed by atoms with Gasteiger partial charge in [0.05, 0.1) is 11.1 Å². The van der Waals surface area contributed by atoms with E-state index in [4.69, 9.17) is 0 Å². The standard InChI is InChI=1S/C15H20F3N3O/c1-4-21-8-12(14(2,3)9-21)20-13(22)10-7-19-6-5-11(10)15(16,17)18/h5-7,12H,4,8-9H2,1-3H3,(H,20,22). The molecule has 2 heterocycles. The number of amides is 1. The maximum absolute atomic E-state index is 13.0. The van der Waals surface area contributed by atoms with E-state index in [1.807, 2.05) is 20.8 Å². The Morgan fingerprint density at radius 3 is 2.73 bits per heavy atom. The van der Waals surface area contributed by atoms with E-state index in [9.17, 15) is 18.0 Å². The second-order valence-corrected chi connectivity index (χ2v) is 6.26. The van der Waals surface area contributed by atoms with Gasteiger partial charge in [-0.15, -0.1) is 0 Å². The molecule has 7 heteroatoms. The average Bonchev–Trinajstić information content (AvgIpc) is 2.72. The number of nitrogens with zero attached hydrogens (tertiary/aromatic N) is 2. The first-order valence-corrected chi connectivity index (χ1v) is 7.19. The first kappa shape index (κ1) is 16.7. The third-order valence-corrected chi connectivity index (χ3v) is 4.14. The van der Waals surface area contributed by atoms with Gasteiger partial charge >= 0.3 is 6.18 Å². The highest BCUT2D eigenvalue weighted by Crippen LogP contribution is 2.33. The monoisotopic (exact) mass is 315 g/mol. The molecule has 0 saturated carbocycles. The summed E-state index contributed by atoms with van der Waals surface area (Å²) < 4.78 is 38.9. The molecular formula is C15H20F3N3O. The molecule has 22 heavy (non-hydrogen) atoms. The van der Waals surface area contributed by atoms with Crippen LogP contribution in [-0.2, 0) is 6.18 Å². The predicted molar refractivity (Wildman–Crippen MR) is 76.4 cm³/mol. The zero-order valence-electron chi connectivity index (χ0n) is 12.9. The quantitative estimate of drug-likeness (QED) is 0.932. The second kappa shape index (κ2) is 5.87. The maximum Gasteiger partial charge on any atom is 0.417 e. The van der Waals surface area contributed by atoms with E-state index in [0.717, 1.165) is 31.5 Å². The zero-order chi connectivity index (χ0) is 16.5. The van der Waals surface area contributed by atoms with Crippen molar-refractivity contribution in [1.82, 2.24) is 15.2 Å². The van der Waals surface area contributed by atoms with Crippen molar-refractivity contribution in [1.29, 1.82) is 0 Å². The number of halogens is 3. The van der Waals surface area contributed by atoms with E-state index in [1.165, 1.54) is 0 Å². The van der Waals surface area contributed by atoms with Crippen LogP contribution in [0.1, 0.15) is 36.7 Å². The number of nitrogens with one attached hydrogen (secondary N) is 1. The number of likely N-dealkylation sites (N-methyl/N-ethyl adjacent to an activating group) is 1. The molecule has 0 aliphatic carbocycles. The Kier molecular flexibility index (Phi) is 4.47. The van der Waals surface area contributed by atoms with Gasteiger partial charge < -0.3 is 10.2 Å². The molecule has 0 radical (unpaired) electrons. The molecule has 1 unspecified atom stereocenters. The average molecular weight is 315 g/mol. The summed E-state index contributed by atoms with van der Waals surface area (Å²) in [6.45, 7) is 8.30. The van der Waals surface area contributed by atoms with Crippen LogP contribution < -0.4 is 5.32 Å². The molecule has 1 N–H and O–H groups in total. The lowest BCUT2D eigenvalue weighted by atomic mass is 9.87. The maximum atomic E-state index is 13.0. The van der Waals surface area contributed by atoms with Crippen molar-refractivity contribution in [3.05, 3.63) is 29.6 Å². The fourth-order valence-corrected chi connectivity index (χ4v) is 2.80. The molecule has 2 rings (SSSR count). The Bertz CT molecular complexity index is 557. The van der Waals surface area contributed by atoms with E-state index in [2.05, 4.69) is 15.2 Å². The summed E-state index contributed by atoms with van der Waals surface area (Å²) >= 11 is 0. The number of alkyl halides is 3. The lowest BCUT2D eigenvalue weighted by molar-refractivity contribution is -0.138. The van der Waals surface area contributed by atoms with Gasteiger partial charge in [0.1, 0.15) is 0 Å². The smallest absolute Gasteiger partial charge is 0.347 e. The van der Waals surface area contributed by atoms with E-state index in [1.54, 1.807) is 0 Å².